The van der Waals surface area contributed by atoms with Crippen molar-refractivity contribution in [2.75, 3.05) is 6.54 Å². The number of nitrogens with zero attached hydrogens (tertiary/aromatic N) is 4. The van der Waals surface area contributed by atoms with E-state index >= 15 is 0 Å². The highest BCUT2D eigenvalue weighted by Crippen LogP contribution is 2.02. The molecule has 0 aromatic carbocycles. The Kier molecular flexibility index (Phi) is 3.87. The Labute approximate surface area is 100 Å². The molecule has 2 heterocycles. The van der Waals surface area contributed by atoms with E-state index in [4.69, 9.17) is 4.52 Å². The predicted molar refractivity (Wildman–Crippen MR) is 62.4 cm³/mol. The normalized spacial score (nSPS) is 10.9. The van der Waals surface area contributed by atoms with Crippen molar-refractivity contribution in [2.45, 2.75) is 33.4 Å². The van der Waals surface area contributed by atoms with E-state index in [0.29, 0.717) is 18.3 Å². The van der Waals surface area contributed by atoms with Crippen molar-refractivity contribution in [3.63, 3.8) is 0 Å². The van der Waals surface area contributed by atoms with Crippen LogP contribution in [0.5, 0.6) is 0 Å². The van der Waals surface area contributed by atoms with Gasteiger partial charge < -0.3 is 14.4 Å². The molecule has 17 heavy (non-hydrogen) atoms. The fourth-order valence-electron chi connectivity index (χ4n) is 1.50. The molecule has 0 atom stereocenters. The monoisotopic (exact) mass is 235 g/mol. The molecule has 2 aromatic rings. The SMILES string of the molecule is CCNCc1cn(Cc2noc(CC)n2)cn1. The fourth-order valence-corrected chi connectivity index (χ4v) is 1.50. The van der Waals surface area contributed by atoms with Crippen molar-refractivity contribution in [2.24, 2.45) is 0 Å². The maximum atomic E-state index is 5.05. The van der Waals surface area contributed by atoms with Gasteiger partial charge in [-0.15, -0.1) is 0 Å². The predicted octanol–water partition coefficient (Wildman–Crippen LogP) is 0.986. The average molecular weight is 235 g/mol. The van der Waals surface area contributed by atoms with Crippen molar-refractivity contribution in [1.82, 2.24) is 25.0 Å². The number of rotatable bonds is 6. The van der Waals surface area contributed by atoms with E-state index in [-0.39, 0.29) is 0 Å². The Hall–Kier alpha value is -1.69. The van der Waals surface area contributed by atoms with Crippen LogP contribution in [0.15, 0.2) is 17.0 Å². The van der Waals surface area contributed by atoms with E-state index in [9.17, 15) is 0 Å². The molecule has 0 aliphatic rings. The maximum Gasteiger partial charge on any atom is 0.226 e. The van der Waals surface area contributed by atoms with Crippen LogP contribution in [0.2, 0.25) is 0 Å². The third-order valence-corrected chi connectivity index (χ3v) is 2.38. The summed E-state index contributed by atoms with van der Waals surface area (Å²) in [6.45, 7) is 6.39. The average Bonchev–Trinajstić information content (AvgIpc) is 2.96. The Morgan fingerprint density at radius 1 is 1.41 bits per heavy atom. The molecule has 0 fully saturated rings. The van der Waals surface area contributed by atoms with Crippen molar-refractivity contribution < 1.29 is 4.52 Å². The lowest BCUT2D eigenvalue weighted by Gasteiger charge is -1.96. The summed E-state index contributed by atoms with van der Waals surface area (Å²) in [5.74, 6) is 1.36. The third kappa shape index (κ3) is 3.13. The van der Waals surface area contributed by atoms with Crippen LogP contribution >= 0.6 is 0 Å². The van der Waals surface area contributed by atoms with Crippen LogP contribution in [-0.2, 0) is 19.5 Å². The molecule has 2 aromatic heterocycles. The van der Waals surface area contributed by atoms with Crippen molar-refractivity contribution in [1.29, 1.82) is 0 Å². The minimum Gasteiger partial charge on any atom is -0.339 e. The number of hydrogen-bond donors (Lipinski definition) is 1. The summed E-state index contributed by atoms with van der Waals surface area (Å²) in [6.07, 6.45) is 4.54. The van der Waals surface area contributed by atoms with Crippen LogP contribution in [0.25, 0.3) is 0 Å². The second kappa shape index (κ2) is 5.58. The molecule has 0 saturated heterocycles. The highest BCUT2D eigenvalue weighted by molar-refractivity contribution is 4.98. The Morgan fingerprint density at radius 3 is 3.00 bits per heavy atom. The second-order valence-electron chi connectivity index (χ2n) is 3.78. The molecule has 0 amide bonds. The van der Waals surface area contributed by atoms with E-state index in [1.807, 2.05) is 17.7 Å². The smallest absolute Gasteiger partial charge is 0.226 e. The highest BCUT2D eigenvalue weighted by Gasteiger charge is 2.05. The van der Waals surface area contributed by atoms with Gasteiger partial charge in [-0.2, -0.15) is 4.98 Å². The summed E-state index contributed by atoms with van der Waals surface area (Å²) in [4.78, 5) is 8.54. The minimum absolute atomic E-state index is 0.600. The van der Waals surface area contributed by atoms with Crippen molar-refractivity contribution in [3.05, 3.63) is 29.9 Å². The first-order valence-electron chi connectivity index (χ1n) is 5.84. The van der Waals surface area contributed by atoms with Crippen molar-refractivity contribution in [3.8, 4) is 0 Å². The second-order valence-corrected chi connectivity index (χ2v) is 3.78. The molecule has 0 aliphatic carbocycles. The van der Waals surface area contributed by atoms with Gasteiger partial charge in [-0.3, -0.25) is 0 Å². The van der Waals surface area contributed by atoms with E-state index < -0.39 is 0 Å². The molecule has 0 aliphatic heterocycles. The van der Waals surface area contributed by atoms with E-state index in [1.54, 1.807) is 6.33 Å². The van der Waals surface area contributed by atoms with Gasteiger partial charge in [-0.25, -0.2) is 4.98 Å². The Balaban J connectivity index is 1.96. The molecule has 6 heteroatoms. The minimum atomic E-state index is 0.600. The standard InChI is InChI=1S/C11H17N5O/c1-3-11-14-10(15-17-11)7-16-6-9(13-8-16)5-12-4-2/h6,8,12H,3-5,7H2,1-2H3. The first-order valence-corrected chi connectivity index (χ1v) is 5.84. The van der Waals surface area contributed by atoms with Gasteiger partial charge >= 0.3 is 0 Å². The Bertz CT molecular complexity index is 462. The topological polar surface area (TPSA) is 68.8 Å². The van der Waals surface area contributed by atoms with Crippen LogP contribution < -0.4 is 5.32 Å². The molecule has 1 N–H and O–H groups in total. The first-order chi connectivity index (χ1) is 8.31. The van der Waals surface area contributed by atoms with Crippen LogP contribution in [0.3, 0.4) is 0 Å². The largest absolute Gasteiger partial charge is 0.339 e. The molecule has 0 unspecified atom stereocenters. The zero-order valence-electron chi connectivity index (χ0n) is 10.2. The molecule has 2 rings (SSSR count). The fraction of sp³-hybridized carbons (Fsp3) is 0.545. The van der Waals surface area contributed by atoms with Gasteiger partial charge in [-0.1, -0.05) is 19.0 Å². The molecule has 6 nitrogen and oxygen atoms in total. The van der Waals surface area contributed by atoms with Crippen LogP contribution in [0.1, 0.15) is 31.3 Å². The van der Waals surface area contributed by atoms with Crippen LogP contribution in [0, 0.1) is 0 Å². The third-order valence-electron chi connectivity index (χ3n) is 2.38. The van der Waals surface area contributed by atoms with Crippen molar-refractivity contribution >= 4 is 0 Å². The zero-order chi connectivity index (χ0) is 12.1. The molecule has 0 spiro atoms. The number of hydrogen-bond acceptors (Lipinski definition) is 5. The maximum absolute atomic E-state index is 5.05. The molecule has 0 saturated carbocycles. The lowest BCUT2D eigenvalue weighted by molar-refractivity contribution is 0.375. The molecule has 0 bridgehead atoms. The summed E-state index contributed by atoms with van der Waals surface area (Å²) in [5, 5.41) is 7.13. The molecule has 92 valence electrons. The summed E-state index contributed by atoms with van der Waals surface area (Å²) in [7, 11) is 0. The van der Waals surface area contributed by atoms with E-state index in [1.165, 1.54) is 0 Å². The van der Waals surface area contributed by atoms with Gasteiger partial charge in [0, 0.05) is 19.2 Å². The lowest BCUT2D eigenvalue weighted by atomic mass is 10.4. The van der Waals surface area contributed by atoms with Gasteiger partial charge in [0.2, 0.25) is 5.89 Å². The van der Waals surface area contributed by atoms with Crippen LogP contribution in [-0.4, -0.2) is 26.2 Å². The summed E-state index contributed by atoms with van der Waals surface area (Å²) in [6, 6.07) is 0. The Morgan fingerprint density at radius 2 is 2.29 bits per heavy atom. The number of aromatic nitrogens is 4. The quantitative estimate of drug-likeness (QED) is 0.808. The van der Waals surface area contributed by atoms with E-state index in [0.717, 1.165) is 25.2 Å². The zero-order valence-corrected chi connectivity index (χ0v) is 10.2. The molecular weight excluding hydrogens is 218 g/mol. The lowest BCUT2D eigenvalue weighted by Crippen LogP contribution is -2.11. The first kappa shape index (κ1) is 11.8. The molecular formula is C11H17N5O. The number of aryl methyl sites for hydroxylation is 1. The van der Waals surface area contributed by atoms with E-state index in [2.05, 4.69) is 27.4 Å². The summed E-state index contributed by atoms with van der Waals surface area (Å²) < 4.78 is 7.01. The van der Waals surface area contributed by atoms with Gasteiger partial charge in [-0.05, 0) is 6.54 Å². The van der Waals surface area contributed by atoms with Gasteiger partial charge in [0.05, 0.1) is 18.6 Å². The van der Waals surface area contributed by atoms with Gasteiger partial charge in [0.15, 0.2) is 5.82 Å². The van der Waals surface area contributed by atoms with Crippen LogP contribution in [0.4, 0.5) is 0 Å². The molecule has 0 radical (unpaired) electrons. The van der Waals surface area contributed by atoms with Gasteiger partial charge in [0.1, 0.15) is 0 Å². The van der Waals surface area contributed by atoms with Gasteiger partial charge in [0.25, 0.3) is 0 Å². The number of nitrogens with one attached hydrogen (secondary N) is 1. The summed E-state index contributed by atoms with van der Waals surface area (Å²) in [5.41, 5.74) is 1.02. The number of imidazole rings is 1. The highest BCUT2D eigenvalue weighted by atomic mass is 16.5. The summed E-state index contributed by atoms with van der Waals surface area (Å²) >= 11 is 0.